The lowest BCUT2D eigenvalue weighted by molar-refractivity contribution is -0.127. The zero-order chi connectivity index (χ0) is 21.6. The predicted molar refractivity (Wildman–Crippen MR) is 119 cm³/mol. The fourth-order valence-corrected chi connectivity index (χ4v) is 3.54. The Bertz CT molecular complexity index is 1050. The van der Waals surface area contributed by atoms with E-state index >= 15 is 0 Å². The standard InChI is InChI=1S/C25H24N2O4/c1-30-20-13-11-19(12-14-20)25(29)27-17-23(31-22-10-6-5-9-21(22)27)24(28)26-16-15-18-7-3-2-4-8-18/h2-14,23H,15-17H2,1H3,(H,26,28)/t23-/m0/s1. The second-order valence-corrected chi connectivity index (χ2v) is 7.25. The van der Waals surface area contributed by atoms with Crippen LogP contribution in [0.3, 0.4) is 0 Å². The molecule has 0 unspecified atom stereocenters. The fourth-order valence-electron chi connectivity index (χ4n) is 3.54. The number of carbonyl (C=O) groups excluding carboxylic acids is 2. The van der Waals surface area contributed by atoms with Crippen LogP contribution in [0.15, 0.2) is 78.9 Å². The van der Waals surface area contributed by atoms with Crippen molar-refractivity contribution in [3.63, 3.8) is 0 Å². The van der Waals surface area contributed by atoms with Crippen molar-refractivity contribution in [1.82, 2.24) is 5.32 Å². The number of anilines is 1. The van der Waals surface area contributed by atoms with Crippen LogP contribution in [0.2, 0.25) is 0 Å². The highest BCUT2D eigenvalue weighted by molar-refractivity contribution is 6.08. The first kappa shape index (κ1) is 20.5. The van der Waals surface area contributed by atoms with E-state index < -0.39 is 6.10 Å². The maximum absolute atomic E-state index is 13.2. The third-order valence-corrected chi connectivity index (χ3v) is 5.20. The van der Waals surface area contributed by atoms with Crippen LogP contribution in [0.4, 0.5) is 5.69 Å². The molecule has 1 aliphatic rings. The Labute approximate surface area is 181 Å². The third kappa shape index (κ3) is 4.69. The number of rotatable bonds is 6. The van der Waals surface area contributed by atoms with Crippen molar-refractivity contribution in [3.05, 3.63) is 90.0 Å². The summed E-state index contributed by atoms with van der Waals surface area (Å²) in [7, 11) is 1.58. The smallest absolute Gasteiger partial charge is 0.262 e. The molecule has 4 rings (SSSR count). The van der Waals surface area contributed by atoms with E-state index in [4.69, 9.17) is 9.47 Å². The minimum Gasteiger partial charge on any atom is -0.497 e. The van der Waals surface area contributed by atoms with Gasteiger partial charge in [0.1, 0.15) is 11.5 Å². The van der Waals surface area contributed by atoms with E-state index in [1.807, 2.05) is 48.5 Å². The van der Waals surface area contributed by atoms with Gasteiger partial charge < -0.3 is 19.7 Å². The molecule has 6 heteroatoms. The molecule has 0 aliphatic carbocycles. The lowest BCUT2D eigenvalue weighted by Gasteiger charge is -2.34. The van der Waals surface area contributed by atoms with Crippen LogP contribution in [-0.4, -0.2) is 38.1 Å². The van der Waals surface area contributed by atoms with Gasteiger partial charge in [0.15, 0.2) is 6.10 Å². The molecule has 0 bridgehead atoms. The van der Waals surface area contributed by atoms with E-state index in [9.17, 15) is 9.59 Å². The van der Waals surface area contributed by atoms with Gasteiger partial charge in [-0.05, 0) is 48.4 Å². The largest absolute Gasteiger partial charge is 0.497 e. The third-order valence-electron chi connectivity index (χ3n) is 5.20. The zero-order valence-corrected chi connectivity index (χ0v) is 17.3. The van der Waals surface area contributed by atoms with E-state index in [2.05, 4.69) is 5.32 Å². The first-order valence-electron chi connectivity index (χ1n) is 10.2. The molecule has 0 radical (unpaired) electrons. The van der Waals surface area contributed by atoms with Crippen LogP contribution in [0.5, 0.6) is 11.5 Å². The first-order chi connectivity index (χ1) is 15.2. The molecule has 0 fully saturated rings. The summed E-state index contributed by atoms with van der Waals surface area (Å²) in [5.74, 6) is 0.756. The highest BCUT2D eigenvalue weighted by Crippen LogP contribution is 2.34. The van der Waals surface area contributed by atoms with E-state index in [1.54, 1.807) is 42.3 Å². The molecule has 1 N–H and O–H groups in total. The van der Waals surface area contributed by atoms with Crippen LogP contribution < -0.4 is 19.7 Å². The topological polar surface area (TPSA) is 67.9 Å². The van der Waals surface area contributed by atoms with Gasteiger partial charge in [0.25, 0.3) is 11.8 Å². The molecule has 3 aromatic rings. The molecule has 1 atom stereocenters. The second kappa shape index (κ2) is 9.34. The molecular weight excluding hydrogens is 392 g/mol. The second-order valence-electron chi connectivity index (χ2n) is 7.25. The normalized spacial score (nSPS) is 14.9. The van der Waals surface area contributed by atoms with Gasteiger partial charge in [-0.3, -0.25) is 9.59 Å². The van der Waals surface area contributed by atoms with Gasteiger partial charge in [-0.2, -0.15) is 0 Å². The van der Waals surface area contributed by atoms with Crippen LogP contribution in [0, 0.1) is 0 Å². The maximum Gasteiger partial charge on any atom is 0.262 e. The van der Waals surface area contributed by atoms with Gasteiger partial charge in [-0.1, -0.05) is 42.5 Å². The molecule has 1 heterocycles. The number of methoxy groups -OCH3 is 1. The molecule has 31 heavy (non-hydrogen) atoms. The van der Waals surface area contributed by atoms with Crippen molar-refractivity contribution in [2.24, 2.45) is 0 Å². The van der Waals surface area contributed by atoms with E-state index in [1.165, 1.54) is 0 Å². The monoisotopic (exact) mass is 416 g/mol. The lowest BCUT2D eigenvalue weighted by Crippen LogP contribution is -2.51. The average molecular weight is 416 g/mol. The van der Waals surface area contributed by atoms with Crippen molar-refractivity contribution in [3.8, 4) is 11.5 Å². The minimum absolute atomic E-state index is 0.138. The Morgan fingerprint density at radius 1 is 1.00 bits per heavy atom. The Balaban J connectivity index is 1.48. The predicted octanol–water partition coefficient (Wildman–Crippen LogP) is 3.46. The number of fused-ring (bicyclic) bond motifs is 1. The number of nitrogens with zero attached hydrogens (tertiary/aromatic N) is 1. The summed E-state index contributed by atoms with van der Waals surface area (Å²) in [6.45, 7) is 0.635. The zero-order valence-electron chi connectivity index (χ0n) is 17.3. The number of ether oxygens (including phenoxy) is 2. The number of carbonyl (C=O) groups is 2. The van der Waals surface area contributed by atoms with Crippen LogP contribution >= 0.6 is 0 Å². The Hall–Kier alpha value is -3.80. The van der Waals surface area contributed by atoms with Gasteiger partial charge >= 0.3 is 0 Å². The van der Waals surface area contributed by atoms with Crippen molar-refractivity contribution < 1.29 is 19.1 Å². The lowest BCUT2D eigenvalue weighted by atomic mass is 10.1. The van der Waals surface area contributed by atoms with E-state index in [0.29, 0.717) is 29.3 Å². The summed E-state index contributed by atoms with van der Waals surface area (Å²) < 4.78 is 11.1. The number of hydrogen-bond acceptors (Lipinski definition) is 4. The molecule has 0 saturated carbocycles. The maximum atomic E-state index is 13.2. The Morgan fingerprint density at radius 3 is 2.45 bits per heavy atom. The molecule has 1 aliphatic heterocycles. The number of amides is 2. The summed E-state index contributed by atoms with van der Waals surface area (Å²) >= 11 is 0. The van der Waals surface area contributed by atoms with Crippen molar-refractivity contribution in [1.29, 1.82) is 0 Å². The molecule has 2 amide bonds. The van der Waals surface area contributed by atoms with Crippen molar-refractivity contribution >= 4 is 17.5 Å². The van der Waals surface area contributed by atoms with Gasteiger partial charge in [-0.15, -0.1) is 0 Å². The van der Waals surface area contributed by atoms with Gasteiger partial charge in [0.2, 0.25) is 0 Å². The minimum atomic E-state index is -0.784. The summed E-state index contributed by atoms with van der Waals surface area (Å²) in [5.41, 5.74) is 2.31. The summed E-state index contributed by atoms with van der Waals surface area (Å²) in [4.78, 5) is 27.6. The van der Waals surface area contributed by atoms with Crippen LogP contribution in [0.1, 0.15) is 15.9 Å². The quantitative estimate of drug-likeness (QED) is 0.668. The highest BCUT2D eigenvalue weighted by atomic mass is 16.5. The molecule has 158 valence electrons. The van der Waals surface area contributed by atoms with Crippen molar-refractivity contribution in [2.45, 2.75) is 12.5 Å². The Kier molecular flexibility index (Phi) is 6.17. The van der Waals surface area contributed by atoms with Gasteiger partial charge in [-0.25, -0.2) is 0 Å². The molecule has 0 aromatic heterocycles. The molecule has 6 nitrogen and oxygen atoms in total. The average Bonchev–Trinajstić information content (AvgIpc) is 2.83. The SMILES string of the molecule is COc1ccc(C(=O)N2C[C@@H](C(=O)NCCc3ccccc3)Oc3ccccc32)cc1. The molecule has 3 aromatic carbocycles. The van der Waals surface area contributed by atoms with Crippen molar-refractivity contribution in [2.75, 3.05) is 25.1 Å². The molecule has 0 spiro atoms. The summed E-state index contributed by atoms with van der Waals surface area (Å²) in [6, 6.07) is 24.1. The molecule has 0 saturated heterocycles. The fraction of sp³-hybridized carbons (Fsp3) is 0.200. The van der Waals surface area contributed by atoms with Gasteiger partial charge in [0.05, 0.1) is 19.3 Å². The highest BCUT2D eigenvalue weighted by Gasteiger charge is 2.34. The summed E-state index contributed by atoms with van der Waals surface area (Å²) in [6.07, 6.45) is -0.0578. The van der Waals surface area contributed by atoms with Crippen LogP contribution in [-0.2, 0) is 11.2 Å². The Morgan fingerprint density at radius 2 is 1.71 bits per heavy atom. The van der Waals surface area contributed by atoms with Crippen LogP contribution in [0.25, 0.3) is 0 Å². The number of para-hydroxylation sites is 2. The number of hydrogen-bond donors (Lipinski definition) is 1. The first-order valence-corrected chi connectivity index (χ1v) is 10.2. The number of nitrogens with one attached hydrogen (secondary N) is 1. The van der Waals surface area contributed by atoms with E-state index in [0.717, 1.165) is 12.0 Å². The number of benzene rings is 3. The van der Waals surface area contributed by atoms with E-state index in [-0.39, 0.29) is 18.4 Å². The molecular formula is C25H24N2O4. The summed E-state index contributed by atoms with van der Waals surface area (Å²) in [5, 5.41) is 2.93. The van der Waals surface area contributed by atoms with Gasteiger partial charge in [0, 0.05) is 12.1 Å².